The van der Waals surface area contributed by atoms with E-state index in [9.17, 15) is 5.11 Å². The molecule has 0 aliphatic carbocycles. The zero-order valence-corrected chi connectivity index (χ0v) is 13.0. The largest absolute Gasteiger partial charge is 0.391 e. The van der Waals surface area contributed by atoms with Crippen molar-refractivity contribution in [2.45, 2.75) is 25.5 Å². The first-order valence-corrected chi connectivity index (χ1v) is 7.83. The number of halogens is 1. The number of rotatable bonds is 4. The van der Waals surface area contributed by atoms with Gasteiger partial charge < -0.3 is 15.3 Å². The van der Waals surface area contributed by atoms with Crippen molar-refractivity contribution in [1.82, 2.24) is 9.97 Å². The summed E-state index contributed by atoms with van der Waals surface area (Å²) in [4.78, 5) is 10.9. The van der Waals surface area contributed by atoms with Crippen molar-refractivity contribution in [3.8, 4) is 0 Å². The van der Waals surface area contributed by atoms with E-state index in [0.717, 1.165) is 30.8 Å². The van der Waals surface area contributed by atoms with E-state index in [0.29, 0.717) is 23.9 Å². The normalized spacial score (nSPS) is 18.3. The number of aliphatic hydroxyl groups excluding tert-OH is 1. The number of nitrogens with one attached hydrogen (secondary N) is 1. The van der Waals surface area contributed by atoms with Gasteiger partial charge in [0.25, 0.3) is 0 Å². The number of pyridine rings is 2. The van der Waals surface area contributed by atoms with Crippen molar-refractivity contribution in [2.75, 3.05) is 23.3 Å². The van der Waals surface area contributed by atoms with Crippen molar-refractivity contribution >= 4 is 23.2 Å². The summed E-state index contributed by atoms with van der Waals surface area (Å²) in [5.41, 5.74) is 1.07. The van der Waals surface area contributed by atoms with Gasteiger partial charge in [-0.25, -0.2) is 9.97 Å². The van der Waals surface area contributed by atoms with Crippen molar-refractivity contribution in [2.24, 2.45) is 0 Å². The highest BCUT2D eigenvalue weighted by molar-refractivity contribution is 6.32. The Labute approximate surface area is 135 Å². The molecule has 1 aliphatic heterocycles. The highest BCUT2D eigenvalue weighted by Crippen LogP contribution is 2.24. The van der Waals surface area contributed by atoms with E-state index in [1.165, 1.54) is 0 Å². The molecular weight excluding hydrogens is 300 g/mol. The Morgan fingerprint density at radius 1 is 1.27 bits per heavy atom. The Balaban J connectivity index is 1.75. The van der Waals surface area contributed by atoms with Crippen molar-refractivity contribution in [3.63, 3.8) is 0 Å². The first kappa shape index (κ1) is 15.1. The molecule has 2 N–H and O–H groups in total. The lowest BCUT2D eigenvalue weighted by Gasteiger charge is -2.32. The van der Waals surface area contributed by atoms with Crippen LogP contribution in [0.4, 0.5) is 11.6 Å². The molecule has 6 heteroatoms. The van der Waals surface area contributed by atoms with Gasteiger partial charge in [0.2, 0.25) is 0 Å². The Kier molecular flexibility index (Phi) is 4.75. The molecule has 0 unspecified atom stereocenters. The van der Waals surface area contributed by atoms with Crippen LogP contribution in [0.2, 0.25) is 5.02 Å². The summed E-state index contributed by atoms with van der Waals surface area (Å²) in [6.07, 6.45) is 5.06. The molecule has 2 aromatic rings. The number of hydrogen-bond acceptors (Lipinski definition) is 5. The van der Waals surface area contributed by atoms with Gasteiger partial charge in [0.1, 0.15) is 11.6 Å². The average molecular weight is 319 g/mol. The molecule has 5 nitrogen and oxygen atoms in total. The summed E-state index contributed by atoms with van der Waals surface area (Å²) < 4.78 is 0. The van der Waals surface area contributed by atoms with Gasteiger partial charge in [0.15, 0.2) is 0 Å². The van der Waals surface area contributed by atoms with Crippen LogP contribution in [0.1, 0.15) is 18.4 Å². The summed E-state index contributed by atoms with van der Waals surface area (Å²) in [7, 11) is 0. The number of aliphatic hydroxyl groups is 1. The summed E-state index contributed by atoms with van der Waals surface area (Å²) in [5.74, 6) is 1.58. The van der Waals surface area contributed by atoms with E-state index in [4.69, 9.17) is 11.6 Å². The molecule has 1 saturated heterocycles. The minimum Gasteiger partial charge on any atom is -0.391 e. The molecular formula is C16H19ClN4O. The van der Waals surface area contributed by atoms with Gasteiger partial charge in [-0.2, -0.15) is 0 Å². The van der Waals surface area contributed by atoms with Crippen LogP contribution in [-0.2, 0) is 6.54 Å². The molecule has 1 aliphatic rings. The Hall–Kier alpha value is -1.85. The number of nitrogens with zero attached hydrogens (tertiary/aromatic N) is 3. The van der Waals surface area contributed by atoms with Crippen molar-refractivity contribution in [3.05, 3.63) is 47.2 Å². The second-order valence-corrected chi connectivity index (χ2v) is 5.82. The summed E-state index contributed by atoms with van der Waals surface area (Å²) >= 11 is 6.11. The fourth-order valence-corrected chi connectivity index (χ4v) is 2.88. The molecule has 0 spiro atoms. The maximum absolute atomic E-state index is 9.86. The number of anilines is 2. The number of piperidine rings is 1. The van der Waals surface area contributed by atoms with Crippen LogP contribution in [0, 0.1) is 0 Å². The van der Waals surface area contributed by atoms with Crippen molar-refractivity contribution in [1.29, 1.82) is 0 Å². The molecule has 1 atom stereocenters. The monoisotopic (exact) mass is 318 g/mol. The van der Waals surface area contributed by atoms with Gasteiger partial charge in [-0.15, -0.1) is 0 Å². The van der Waals surface area contributed by atoms with Crippen LogP contribution in [0.15, 0.2) is 36.7 Å². The van der Waals surface area contributed by atoms with Gasteiger partial charge >= 0.3 is 0 Å². The zero-order valence-electron chi connectivity index (χ0n) is 12.2. The molecule has 3 heterocycles. The first-order chi connectivity index (χ1) is 10.7. The van der Waals surface area contributed by atoms with Gasteiger partial charge in [-0.1, -0.05) is 17.7 Å². The van der Waals surface area contributed by atoms with E-state index >= 15 is 0 Å². The summed E-state index contributed by atoms with van der Waals surface area (Å²) in [5, 5.41) is 13.7. The van der Waals surface area contributed by atoms with Gasteiger partial charge in [-0.05, 0) is 31.0 Å². The summed E-state index contributed by atoms with van der Waals surface area (Å²) in [6.45, 7) is 2.15. The van der Waals surface area contributed by atoms with E-state index in [-0.39, 0.29) is 6.10 Å². The number of β-amino-alcohol motifs (C(OH)–C–C–N with tert-alkyl or cyclic N) is 1. The molecule has 0 saturated carbocycles. The molecule has 1 fully saturated rings. The van der Waals surface area contributed by atoms with E-state index in [1.54, 1.807) is 18.5 Å². The van der Waals surface area contributed by atoms with Gasteiger partial charge in [0, 0.05) is 37.6 Å². The van der Waals surface area contributed by atoms with E-state index < -0.39 is 0 Å². The molecule has 0 aromatic carbocycles. The molecule has 3 rings (SSSR count). The maximum atomic E-state index is 9.86. The third-order valence-corrected chi connectivity index (χ3v) is 4.07. The zero-order chi connectivity index (χ0) is 15.4. The molecule has 0 bridgehead atoms. The van der Waals surface area contributed by atoms with Gasteiger partial charge in [0.05, 0.1) is 11.1 Å². The average Bonchev–Trinajstić information content (AvgIpc) is 2.54. The Morgan fingerprint density at radius 2 is 2.09 bits per heavy atom. The fraction of sp³-hybridized carbons (Fsp3) is 0.375. The minimum absolute atomic E-state index is 0.276. The predicted molar refractivity (Wildman–Crippen MR) is 88.3 cm³/mol. The first-order valence-electron chi connectivity index (χ1n) is 7.45. The van der Waals surface area contributed by atoms with Crippen LogP contribution in [0.3, 0.4) is 0 Å². The molecule has 0 radical (unpaired) electrons. The van der Waals surface area contributed by atoms with Crippen LogP contribution in [0.25, 0.3) is 0 Å². The Bertz CT molecular complexity index is 637. The lowest BCUT2D eigenvalue weighted by Crippen LogP contribution is -2.39. The Morgan fingerprint density at radius 3 is 2.91 bits per heavy atom. The predicted octanol–water partition coefficient (Wildman–Crippen LogP) is 2.70. The van der Waals surface area contributed by atoms with Crippen molar-refractivity contribution < 1.29 is 5.11 Å². The second-order valence-electron chi connectivity index (χ2n) is 5.42. The molecule has 116 valence electrons. The second kappa shape index (κ2) is 6.94. The third-order valence-electron chi connectivity index (χ3n) is 3.77. The van der Waals surface area contributed by atoms with E-state index in [2.05, 4.69) is 20.2 Å². The minimum atomic E-state index is -0.276. The highest BCUT2D eigenvalue weighted by atomic mass is 35.5. The molecule has 2 aromatic heterocycles. The number of hydrogen-bond donors (Lipinski definition) is 2. The van der Waals surface area contributed by atoms with Crippen LogP contribution in [-0.4, -0.2) is 34.3 Å². The third kappa shape index (κ3) is 3.48. The van der Waals surface area contributed by atoms with Gasteiger partial charge in [-0.3, -0.25) is 0 Å². The quantitative estimate of drug-likeness (QED) is 0.907. The SMILES string of the molecule is O[C@H]1CCCN(c2ncccc2CNc2ncccc2Cl)C1. The highest BCUT2D eigenvalue weighted by Gasteiger charge is 2.20. The lowest BCUT2D eigenvalue weighted by molar-refractivity contribution is 0.154. The standard InChI is InChI=1S/C16H19ClN4O/c17-14-6-2-7-18-15(14)20-10-12-4-1-8-19-16(12)21-9-3-5-13(22)11-21/h1-2,4,6-8,13,22H,3,5,9-11H2,(H,18,20)/t13-/m0/s1. The topological polar surface area (TPSA) is 61.3 Å². The van der Waals surface area contributed by atoms with Crippen LogP contribution < -0.4 is 10.2 Å². The van der Waals surface area contributed by atoms with E-state index in [1.807, 2.05) is 18.2 Å². The lowest BCUT2D eigenvalue weighted by atomic mass is 10.1. The molecule has 0 amide bonds. The number of aromatic nitrogens is 2. The summed E-state index contributed by atoms with van der Waals surface area (Å²) in [6, 6.07) is 7.56. The van der Waals surface area contributed by atoms with Crippen LogP contribution >= 0.6 is 11.6 Å². The maximum Gasteiger partial charge on any atom is 0.145 e. The smallest absolute Gasteiger partial charge is 0.145 e. The molecule has 22 heavy (non-hydrogen) atoms. The van der Waals surface area contributed by atoms with Crippen LogP contribution in [0.5, 0.6) is 0 Å². The fourth-order valence-electron chi connectivity index (χ4n) is 2.69.